The summed E-state index contributed by atoms with van der Waals surface area (Å²) in [4.78, 5) is 10.8. The molecule has 8 aromatic carbocycles. The van der Waals surface area contributed by atoms with Crippen LogP contribution >= 0.6 is 0 Å². The molecule has 4 heteroatoms. The van der Waals surface area contributed by atoms with Gasteiger partial charge in [-0.2, -0.15) is 4.98 Å². The Morgan fingerprint density at radius 3 is 1.89 bits per heavy atom. The SMILES string of the molecule is c1ccc(C2(c3ccccc3)c3ccccc3-c3cc(-c4nc(-n5c6ccccc6c6cc7ccccc7cc65)nc5oc6ccccc6c45)ccc32)cc1. The monoisotopic (exact) mass is 701 g/mol. The van der Waals surface area contributed by atoms with Crippen LogP contribution in [0.1, 0.15) is 22.3 Å². The van der Waals surface area contributed by atoms with Crippen LogP contribution in [0.25, 0.3) is 83.0 Å². The number of aromatic nitrogens is 3. The molecule has 12 rings (SSSR count). The fourth-order valence-corrected chi connectivity index (χ4v) is 9.39. The molecule has 0 bridgehead atoms. The third kappa shape index (κ3) is 4.16. The van der Waals surface area contributed by atoms with Gasteiger partial charge in [-0.1, -0.05) is 158 Å². The molecule has 0 saturated carbocycles. The van der Waals surface area contributed by atoms with Gasteiger partial charge in [0.25, 0.3) is 0 Å². The van der Waals surface area contributed by atoms with Crippen LogP contribution < -0.4 is 0 Å². The summed E-state index contributed by atoms with van der Waals surface area (Å²) in [5.74, 6) is 0.576. The van der Waals surface area contributed by atoms with E-state index in [0.717, 1.165) is 49.4 Å². The van der Waals surface area contributed by atoms with Crippen molar-refractivity contribution < 1.29 is 4.42 Å². The lowest BCUT2D eigenvalue weighted by Gasteiger charge is -2.33. The molecule has 0 amide bonds. The minimum Gasteiger partial charge on any atom is -0.437 e. The zero-order valence-electron chi connectivity index (χ0n) is 29.6. The molecule has 3 aromatic heterocycles. The number of benzene rings is 8. The molecular weight excluding hydrogens is 671 g/mol. The molecule has 55 heavy (non-hydrogen) atoms. The Labute approximate surface area is 316 Å². The maximum Gasteiger partial charge on any atom is 0.238 e. The maximum absolute atomic E-state index is 6.58. The molecule has 1 aliphatic rings. The van der Waals surface area contributed by atoms with Gasteiger partial charge in [0.15, 0.2) is 0 Å². The first kappa shape index (κ1) is 30.2. The van der Waals surface area contributed by atoms with E-state index in [4.69, 9.17) is 14.4 Å². The largest absolute Gasteiger partial charge is 0.437 e. The highest BCUT2D eigenvalue weighted by Crippen LogP contribution is 2.56. The summed E-state index contributed by atoms with van der Waals surface area (Å²) in [5, 5.41) is 6.60. The smallest absolute Gasteiger partial charge is 0.238 e. The van der Waals surface area contributed by atoms with Gasteiger partial charge in [0.05, 0.1) is 27.5 Å². The zero-order chi connectivity index (χ0) is 36.1. The molecule has 4 nitrogen and oxygen atoms in total. The number of hydrogen-bond acceptors (Lipinski definition) is 3. The molecule has 0 fully saturated rings. The van der Waals surface area contributed by atoms with Crippen LogP contribution in [-0.2, 0) is 5.41 Å². The summed E-state index contributed by atoms with van der Waals surface area (Å²) in [5.41, 5.74) is 12.3. The normalized spacial score (nSPS) is 13.2. The van der Waals surface area contributed by atoms with E-state index < -0.39 is 5.41 Å². The van der Waals surface area contributed by atoms with Crippen LogP contribution in [0.3, 0.4) is 0 Å². The van der Waals surface area contributed by atoms with Gasteiger partial charge in [-0.3, -0.25) is 4.57 Å². The summed E-state index contributed by atoms with van der Waals surface area (Å²) in [6, 6.07) is 67.4. The minimum absolute atomic E-state index is 0.479. The van der Waals surface area contributed by atoms with E-state index in [1.54, 1.807) is 0 Å². The van der Waals surface area contributed by atoms with E-state index in [1.165, 1.54) is 44.2 Å². The Hall–Kier alpha value is -7.30. The van der Waals surface area contributed by atoms with Gasteiger partial charge in [-0.05, 0) is 74.5 Å². The predicted octanol–water partition coefficient (Wildman–Crippen LogP) is 12.7. The van der Waals surface area contributed by atoms with E-state index in [0.29, 0.717) is 11.7 Å². The topological polar surface area (TPSA) is 43.9 Å². The van der Waals surface area contributed by atoms with Crippen molar-refractivity contribution in [3.63, 3.8) is 0 Å². The van der Waals surface area contributed by atoms with Crippen molar-refractivity contribution in [1.82, 2.24) is 14.5 Å². The highest BCUT2D eigenvalue weighted by molar-refractivity contribution is 6.14. The van der Waals surface area contributed by atoms with Crippen molar-refractivity contribution in [2.24, 2.45) is 0 Å². The molecule has 0 aliphatic heterocycles. The van der Waals surface area contributed by atoms with Crippen LogP contribution in [0.4, 0.5) is 0 Å². The molecule has 0 unspecified atom stereocenters. The van der Waals surface area contributed by atoms with Gasteiger partial charge < -0.3 is 4.42 Å². The Kier molecular flexibility index (Phi) is 6.23. The lowest BCUT2D eigenvalue weighted by atomic mass is 9.67. The van der Waals surface area contributed by atoms with Crippen LogP contribution in [-0.4, -0.2) is 14.5 Å². The number of nitrogens with zero attached hydrogens (tertiary/aromatic N) is 3. The summed E-state index contributed by atoms with van der Waals surface area (Å²) < 4.78 is 8.78. The Morgan fingerprint density at radius 2 is 1.09 bits per heavy atom. The van der Waals surface area contributed by atoms with Crippen molar-refractivity contribution >= 4 is 54.6 Å². The second-order valence-electron chi connectivity index (χ2n) is 14.5. The van der Waals surface area contributed by atoms with Crippen LogP contribution in [0.15, 0.2) is 192 Å². The molecule has 256 valence electrons. The molecule has 0 atom stereocenters. The molecular formula is C51H31N3O. The number of para-hydroxylation sites is 2. The van der Waals surface area contributed by atoms with Crippen LogP contribution in [0.5, 0.6) is 0 Å². The molecule has 3 heterocycles. The van der Waals surface area contributed by atoms with E-state index in [9.17, 15) is 0 Å². The predicted molar refractivity (Wildman–Crippen MR) is 224 cm³/mol. The van der Waals surface area contributed by atoms with Crippen LogP contribution in [0.2, 0.25) is 0 Å². The first-order valence-corrected chi connectivity index (χ1v) is 18.7. The third-order valence-corrected chi connectivity index (χ3v) is 11.7. The highest BCUT2D eigenvalue weighted by Gasteiger charge is 2.46. The molecule has 11 aromatic rings. The fourth-order valence-electron chi connectivity index (χ4n) is 9.39. The third-order valence-electron chi connectivity index (χ3n) is 11.7. The zero-order valence-corrected chi connectivity index (χ0v) is 29.6. The van der Waals surface area contributed by atoms with Crippen molar-refractivity contribution in [2.75, 3.05) is 0 Å². The molecule has 0 N–H and O–H groups in total. The van der Waals surface area contributed by atoms with Gasteiger partial charge >= 0.3 is 0 Å². The van der Waals surface area contributed by atoms with Gasteiger partial charge in [0.1, 0.15) is 5.58 Å². The summed E-state index contributed by atoms with van der Waals surface area (Å²) >= 11 is 0. The van der Waals surface area contributed by atoms with Crippen molar-refractivity contribution in [3.8, 4) is 28.3 Å². The number of furan rings is 1. The van der Waals surface area contributed by atoms with Crippen molar-refractivity contribution in [1.29, 1.82) is 0 Å². The first-order chi connectivity index (χ1) is 27.3. The second-order valence-corrected chi connectivity index (χ2v) is 14.5. The van der Waals surface area contributed by atoms with Gasteiger partial charge in [0.2, 0.25) is 11.7 Å². The molecule has 0 saturated heterocycles. The van der Waals surface area contributed by atoms with Gasteiger partial charge in [0, 0.05) is 21.7 Å². The lowest BCUT2D eigenvalue weighted by Crippen LogP contribution is -2.28. The number of hydrogen-bond donors (Lipinski definition) is 0. The van der Waals surface area contributed by atoms with Gasteiger partial charge in [-0.25, -0.2) is 4.98 Å². The average Bonchev–Trinajstić information content (AvgIpc) is 3.89. The van der Waals surface area contributed by atoms with Gasteiger partial charge in [-0.15, -0.1) is 0 Å². The number of rotatable bonds is 4. The molecule has 0 radical (unpaired) electrons. The Morgan fingerprint density at radius 1 is 0.455 bits per heavy atom. The summed E-state index contributed by atoms with van der Waals surface area (Å²) in [6.45, 7) is 0. The summed E-state index contributed by atoms with van der Waals surface area (Å²) in [7, 11) is 0. The van der Waals surface area contributed by atoms with E-state index >= 15 is 0 Å². The average molecular weight is 702 g/mol. The Bertz CT molecular complexity index is 3280. The van der Waals surface area contributed by atoms with E-state index in [-0.39, 0.29) is 0 Å². The first-order valence-electron chi connectivity index (χ1n) is 18.7. The van der Waals surface area contributed by atoms with Crippen LogP contribution in [0, 0.1) is 0 Å². The Balaban J connectivity index is 1.17. The fraction of sp³-hybridized carbons (Fsp3) is 0.0196. The highest BCUT2D eigenvalue weighted by atomic mass is 16.3. The summed E-state index contributed by atoms with van der Waals surface area (Å²) in [6.07, 6.45) is 0. The maximum atomic E-state index is 6.58. The number of fused-ring (bicyclic) bond motifs is 10. The molecule has 0 spiro atoms. The van der Waals surface area contributed by atoms with Crippen molar-refractivity contribution in [3.05, 3.63) is 210 Å². The van der Waals surface area contributed by atoms with Crippen molar-refractivity contribution in [2.45, 2.75) is 5.41 Å². The van der Waals surface area contributed by atoms with E-state index in [1.807, 2.05) is 12.1 Å². The van der Waals surface area contributed by atoms with E-state index in [2.05, 4.69) is 180 Å². The minimum atomic E-state index is -0.479. The lowest BCUT2D eigenvalue weighted by molar-refractivity contribution is 0.651. The standard InChI is InChI=1S/C51H31N3O/c1-3-17-35(18-4-1)51(36-19-5-2-6-20-36)42-24-12-9-21-37(42)40-30-34(27-28-43(40)51)48-47-39-23-11-14-26-46(39)55-49(47)53-50(52-48)54-44-25-13-10-22-38(44)41-29-32-15-7-8-16-33(32)31-45(41)54/h1-31H. The second kappa shape index (κ2) is 11.3. The quantitative estimate of drug-likeness (QED) is 0.183. The molecule has 1 aliphatic carbocycles.